The Morgan fingerprint density at radius 2 is 2.06 bits per heavy atom. The second-order valence-corrected chi connectivity index (χ2v) is 5.70. The highest BCUT2D eigenvalue weighted by Gasteiger charge is 2.13. The zero-order valence-electron chi connectivity index (χ0n) is 10.7. The molecule has 0 saturated carbocycles. The van der Waals surface area contributed by atoms with Crippen molar-refractivity contribution in [2.24, 2.45) is 0 Å². The highest BCUT2D eigenvalue weighted by Crippen LogP contribution is 2.20. The molecule has 0 aromatic heterocycles. The topological polar surface area (TPSA) is 32.3 Å². The lowest BCUT2D eigenvalue weighted by molar-refractivity contribution is -0.117. The standard InChI is InChI=1S/C14H19BrN2O/c1-11-9-12(5-6-13(11)15)16-14(18)10-17-7-3-2-4-8-17/h5-6,9H,2-4,7-8,10H2,1H3,(H,16,18). The Bertz CT molecular complexity index is 428. The summed E-state index contributed by atoms with van der Waals surface area (Å²) in [4.78, 5) is 14.1. The molecule has 1 aromatic carbocycles. The summed E-state index contributed by atoms with van der Waals surface area (Å²) in [5.74, 6) is 0.0821. The molecule has 4 heteroatoms. The smallest absolute Gasteiger partial charge is 0.238 e. The number of hydrogen-bond donors (Lipinski definition) is 1. The zero-order valence-corrected chi connectivity index (χ0v) is 12.3. The molecule has 1 amide bonds. The first-order valence-electron chi connectivity index (χ1n) is 6.43. The summed E-state index contributed by atoms with van der Waals surface area (Å²) in [6, 6.07) is 5.87. The molecular weight excluding hydrogens is 292 g/mol. The van der Waals surface area contributed by atoms with E-state index in [0.717, 1.165) is 28.8 Å². The fourth-order valence-corrected chi connectivity index (χ4v) is 2.49. The fraction of sp³-hybridized carbons (Fsp3) is 0.500. The van der Waals surface area contributed by atoms with Gasteiger partial charge in [0.2, 0.25) is 5.91 Å². The second-order valence-electron chi connectivity index (χ2n) is 4.85. The van der Waals surface area contributed by atoms with Crippen molar-refractivity contribution in [1.82, 2.24) is 4.90 Å². The van der Waals surface area contributed by atoms with Crippen LogP contribution in [0.4, 0.5) is 5.69 Å². The molecular formula is C14H19BrN2O. The average molecular weight is 311 g/mol. The maximum atomic E-state index is 11.9. The van der Waals surface area contributed by atoms with Gasteiger partial charge in [0.25, 0.3) is 0 Å². The molecule has 1 heterocycles. The highest BCUT2D eigenvalue weighted by molar-refractivity contribution is 9.10. The van der Waals surface area contributed by atoms with E-state index in [4.69, 9.17) is 0 Å². The third-order valence-electron chi connectivity index (χ3n) is 3.26. The Morgan fingerprint density at radius 3 is 2.72 bits per heavy atom. The molecule has 0 unspecified atom stereocenters. The maximum absolute atomic E-state index is 11.9. The van der Waals surface area contributed by atoms with E-state index in [-0.39, 0.29) is 5.91 Å². The van der Waals surface area contributed by atoms with Crippen LogP contribution >= 0.6 is 15.9 Å². The van der Waals surface area contributed by atoms with Crippen molar-refractivity contribution >= 4 is 27.5 Å². The molecule has 18 heavy (non-hydrogen) atoms. The highest BCUT2D eigenvalue weighted by atomic mass is 79.9. The maximum Gasteiger partial charge on any atom is 0.238 e. The number of rotatable bonds is 3. The van der Waals surface area contributed by atoms with Crippen LogP contribution < -0.4 is 5.32 Å². The van der Waals surface area contributed by atoms with Crippen LogP contribution in [-0.4, -0.2) is 30.4 Å². The van der Waals surface area contributed by atoms with E-state index < -0.39 is 0 Å². The van der Waals surface area contributed by atoms with Crippen LogP contribution in [0, 0.1) is 6.92 Å². The van der Waals surface area contributed by atoms with Gasteiger partial charge in [-0.3, -0.25) is 9.69 Å². The average Bonchev–Trinajstić information content (AvgIpc) is 2.35. The monoisotopic (exact) mass is 310 g/mol. The molecule has 0 bridgehead atoms. The predicted octanol–water partition coefficient (Wildman–Crippen LogP) is 3.18. The van der Waals surface area contributed by atoms with E-state index >= 15 is 0 Å². The van der Waals surface area contributed by atoms with Gasteiger partial charge in [-0.2, -0.15) is 0 Å². The molecule has 1 aliphatic heterocycles. The molecule has 2 rings (SSSR count). The second kappa shape index (κ2) is 6.34. The molecule has 0 atom stereocenters. The number of anilines is 1. The van der Waals surface area contributed by atoms with E-state index in [1.807, 2.05) is 25.1 Å². The number of halogens is 1. The van der Waals surface area contributed by atoms with Gasteiger partial charge in [0.05, 0.1) is 6.54 Å². The van der Waals surface area contributed by atoms with Crippen LogP contribution in [0.3, 0.4) is 0 Å². The minimum Gasteiger partial charge on any atom is -0.325 e. The molecule has 0 spiro atoms. The Labute approximate surface area is 117 Å². The number of nitrogens with zero attached hydrogens (tertiary/aromatic N) is 1. The van der Waals surface area contributed by atoms with Gasteiger partial charge in [-0.1, -0.05) is 22.4 Å². The van der Waals surface area contributed by atoms with E-state index in [1.165, 1.54) is 19.3 Å². The lowest BCUT2D eigenvalue weighted by Crippen LogP contribution is -2.36. The van der Waals surface area contributed by atoms with Crippen molar-refractivity contribution in [3.05, 3.63) is 28.2 Å². The molecule has 98 valence electrons. The van der Waals surface area contributed by atoms with Crippen LogP contribution in [0.15, 0.2) is 22.7 Å². The number of aryl methyl sites for hydroxylation is 1. The van der Waals surface area contributed by atoms with Crippen LogP contribution in [0.25, 0.3) is 0 Å². The fourth-order valence-electron chi connectivity index (χ4n) is 2.24. The van der Waals surface area contributed by atoms with Gasteiger partial charge < -0.3 is 5.32 Å². The number of benzene rings is 1. The number of piperidine rings is 1. The van der Waals surface area contributed by atoms with E-state index in [9.17, 15) is 4.79 Å². The van der Waals surface area contributed by atoms with Gasteiger partial charge in [0, 0.05) is 10.2 Å². The van der Waals surface area contributed by atoms with Crippen molar-refractivity contribution in [2.45, 2.75) is 26.2 Å². The number of nitrogens with one attached hydrogen (secondary N) is 1. The molecule has 3 nitrogen and oxygen atoms in total. The van der Waals surface area contributed by atoms with Crippen molar-refractivity contribution in [2.75, 3.05) is 25.0 Å². The van der Waals surface area contributed by atoms with E-state index in [1.54, 1.807) is 0 Å². The number of hydrogen-bond acceptors (Lipinski definition) is 2. The van der Waals surface area contributed by atoms with Crippen molar-refractivity contribution < 1.29 is 4.79 Å². The molecule has 1 saturated heterocycles. The van der Waals surface area contributed by atoms with Crippen LogP contribution in [0.2, 0.25) is 0 Å². The Morgan fingerprint density at radius 1 is 1.33 bits per heavy atom. The summed E-state index contributed by atoms with van der Waals surface area (Å²) in [5.41, 5.74) is 2.00. The molecule has 0 aliphatic carbocycles. The summed E-state index contributed by atoms with van der Waals surface area (Å²) >= 11 is 3.45. The van der Waals surface area contributed by atoms with Gasteiger partial charge in [-0.15, -0.1) is 0 Å². The number of carbonyl (C=O) groups excluding carboxylic acids is 1. The minimum absolute atomic E-state index is 0.0821. The zero-order chi connectivity index (χ0) is 13.0. The Balaban J connectivity index is 1.88. The van der Waals surface area contributed by atoms with Gasteiger partial charge in [-0.05, 0) is 56.6 Å². The van der Waals surface area contributed by atoms with Crippen molar-refractivity contribution in [3.8, 4) is 0 Å². The van der Waals surface area contributed by atoms with Gasteiger partial charge >= 0.3 is 0 Å². The third-order valence-corrected chi connectivity index (χ3v) is 4.15. The molecule has 0 radical (unpaired) electrons. The summed E-state index contributed by atoms with van der Waals surface area (Å²) in [6.07, 6.45) is 3.72. The molecule has 1 N–H and O–H groups in total. The number of amides is 1. The first-order chi connectivity index (χ1) is 8.65. The summed E-state index contributed by atoms with van der Waals surface area (Å²) in [5, 5.41) is 2.96. The summed E-state index contributed by atoms with van der Waals surface area (Å²) in [7, 11) is 0. The van der Waals surface area contributed by atoms with Gasteiger partial charge in [0.1, 0.15) is 0 Å². The minimum atomic E-state index is 0.0821. The lowest BCUT2D eigenvalue weighted by Gasteiger charge is -2.25. The van der Waals surface area contributed by atoms with Crippen molar-refractivity contribution in [1.29, 1.82) is 0 Å². The molecule has 1 fully saturated rings. The summed E-state index contributed by atoms with van der Waals surface area (Å²) in [6.45, 7) is 4.62. The van der Waals surface area contributed by atoms with Crippen LogP contribution in [0.5, 0.6) is 0 Å². The quantitative estimate of drug-likeness (QED) is 0.930. The molecule has 1 aromatic rings. The lowest BCUT2D eigenvalue weighted by atomic mass is 10.1. The predicted molar refractivity (Wildman–Crippen MR) is 77.8 cm³/mol. The first-order valence-corrected chi connectivity index (χ1v) is 7.23. The Kier molecular flexibility index (Phi) is 4.78. The van der Waals surface area contributed by atoms with Gasteiger partial charge in [-0.25, -0.2) is 0 Å². The summed E-state index contributed by atoms with van der Waals surface area (Å²) < 4.78 is 1.07. The Hall–Kier alpha value is -0.870. The van der Waals surface area contributed by atoms with Gasteiger partial charge in [0.15, 0.2) is 0 Å². The van der Waals surface area contributed by atoms with Crippen LogP contribution in [0.1, 0.15) is 24.8 Å². The van der Waals surface area contributed by atoms with Crippen molar-refractivity contribution in [3.63, 3.8) is 0 Å². The third kappa shape index (κ3) is 3.82. The SMILES string of the molecule is Cc1cc(NC(=O)CN2CCCCC2)ccc1Br. The number of carbonyl (C=O) groups is 1. The van der Waals surface area contributed by atoms with Crippen LogP contribution in [-0.2, 0) is 4.79 Å². The normalized spacial score (nSPS) is 16.6. The van der Waals surface area contributed by atoms with E-state index in [2.05, 4.69) is 26.1 Å². The van der Waals surface area contributed by atoms with E-state index in [0.29, 0.717) is 6.54 Å². The molecule has 1 aliphatic rings. The first kappa shape index (κ1) is 13.6. The number of likely N-dealkylation sites (tertiary alicyclic amines) is 1. The largest absolute Gasteiger partial charge is 0.325 e.